The molecule has 26 heavy (non-hydrogen) atoms. The lowest BCUT2D eigenvalue weighted by Crippen LogP contribution is -2.13. The maximum atomic E-state index is 12.5. The average Bonchev–Trinajstić information content (AvgIpc) is 3.19. The molecule has 0 aliphatic carbocycles. The minimum absolute atomic E-state index is 0.150. The maximum Gasteiger partial charge on any atom is 0.256 e. The quantitative estimate of drug-likeness (QED) is 0.522. The molecular formula is C18H14BrN5OS. The highest BCUT2D eigenvalue weighted by Gasteiger charge is 2.14. The van der Waals surface area contributed by atoms with Crippen molar-refractivity contribution in [2.45, 2.75) is 13.8 Å². The highest BCUT2D eigenvalue weighted by atomic mass is 79.9. The van der Waals surface area contributed by atoms with E-state index in [1.54, 1.807) is 10.6 Å². The number of amides is 1. The topological polar surface area (TPSA) is 72.2 Å². The largest absolute Gasteiger partial charge is 0.322 e. The summed E-state index contributed by atoms with van der Waals surface area (Å²) >= 11 is 4.89. The second-order valence-electron chi connectivity index (χ2n) is 5.81. The minimum Gasteiger partial charge on any atom is -0.322 e. The van der Waals surface area contributed by atoms with Crippen molar-refractivity contribution in [3.05, 3.63) is 63.9 Å². The van der Waals surface area contributed by atoms with E-state index in [0.717, 1.165) is 37.1 Å². The second kappa shape index (κ2) is 6.62. The van der Waals surface area contributed by atoms with Crippen LogP contribution in [0.2, 0.25) is 0 Å². The molecule has 0 fully saturated rings. The van der Waals surface area contributed by atoms with Gasteiger partial charge >= 0.3 is 0 Å². The molecule has 0 spiro atoms. The first kappa shape index (κ1) is 16.9. The molecule has 130 valence electrons. The lowest BCUT2D eigenvalue weighted by Gasteiger charge is -2.10. The number of fused-ring (bicyclic) bond motifs is 1. The van der Waals surface area contributed by atoms with Crippen molar-refractivity contribution >= 4 is 43.8 Å². The predicted molar refractivity (Wildman–Crippen MR) is 106 cm³/mol. The summed E-state index contributed by atoms with van der Waals surface area (Å²) in [7, 11) is 0. The van der Waals surface area contributed by atoms with Gasteiger partial charge in [0.05, 0.1) is 5.56 Å². The molecule has 2 aromatic heterocycles. The number of hydrogen-bond acceptors (Lipinski definition) is 5. The maximum absolute atomic E-state index is 12.5. The molecule has 0 radical (unpaired) electrons. The van der Waals surface area contributed by atoms with Gasteiger partial charge in [-0.3, -0.25) is 4.79 Å². The Morgan fingerprint density at radius 3 is 2.69 bits per heavy atom. The number of aryl methyl sites for hydroxylation is 2. The van der Waals surface area contributed by atoms with Crippen molar-refractivity contribution in [3.8, 4) is 10.6 Å². The highest BCUT2D eigenvalue weighted by Crippen LogP contribution is 2.29. The fraction of sp³-hybridized carbons (Fsp3) is 0.111. The lowest BCUT2D eigenvalue weighted by molar-refractivity contribution is 0.102. The second-order valence-corrected chi connectivity index (χ2v) is 7.62. The Labute approximate surface area is 162 Å². The van der Waals surface area contributed by atoms with Gasteiger partial charge in [-0.1, -0.05) is 23.5 Å². The van der Waals surface area contributed by atoms with Crippen molar-refractivity contribution in [3.63, 3.8) is 0 Å². The zero-order valence-electron chi connectivity index (χ0n) is 14.0. The van der Waals surface area contributed by atoms with E-state index in [0.29, 0.717) is 5.56 Å². The minimum atomic E-state index is -0.150. The van der Waals surface area contributed by atoms with Crippen LogP contribution in [0.3, 0.4) is 0 Å². The SMILES string of the molecule is Cc1cc(-c2nn3c(C)nnc3s2)ccc1NC(=O)c1ccccc1Br. The van der Waals surface area contributed by atoms with Gasteiger partial charge in [0.15, 0.2) is 5.82 Å². The number of nitrogens with one attached hydrogen (secondary N) is 1. The Hall–Kier alpha value is -2.58. The molecule has 0 unspecified atom stereocenters. The third kappa shape index (κ3) is 3.02. The molecule has 6 nitrogen and oxygen atoms in total. The van der Waals surface area contributed by atoms with Crippen LogP contribution in [0, 0.1) is 13.8 Å². The van der Waals surface area contributed by atoms with Crippen LogP contribution in [0.15, 0.2) is 46.9 Å². The van der Waals surface area contributed by atoms with Crippen molar-refractivity contribution in [1.29, 1.82) is 0 Å². The van der Waals surface area contributed by atoms with E-state index in [4.69, 9.17) is 0 Å². The number of aromatic nitrogens is 4. The number of rotatable bonds is 3. The molecule has 2 aromatic carbocycles. The summed E-state index contributed by atoms with van der Waals surface area (Å²) in [5.74, 6) is 0.610. The molecule has 1 amide bonds. The van der Waals surface area contributed by atoms with Crippen molar-refractivity contribution < 1.29 is 4.79 Å². The van der Waals surface area contributed by atoms with Crippen LogP contribution in [-0.4, -0.2) is 25.7 Å². The summed E-state index contributed by atoms with van der Waals surface area (Å²) in [6.45, 7) is 3.83. The van der Waals surface area contributed by atoms with E-state index in [2.05, 4.69) is 36.5 Å². The molecule has 0 aliphatic heterocycles. The highest BCUT2D eigenvalue weighted by molar-refractivity contribution is 9.10. The first-order valence-corrected chi connectivity index (χ1v) is 9.49. The van der Waals surface area contributed by atoms with Crippen LogP contribution >= 0.6 is 27.3 Å². The fourth-order valence-corrected chi connectivity index (χ4v) is 3.95. The van der Waals surface area contributed by atoms with Crippen molar-refractivity contribution in [1.82, 2.24) is 19.8 Å². The summed E-state index contributed by atoms with van der Waals surface area (Å²) < 4.78 is 2.50. The average molecular weight is 428 g/mol. The van der Waals surface area contributed by atoms with Crippen LogP contribution in [0.1, 0.15) is 21.7 Å². The Kier molecular flexibility index (Phi) is 4.29. The molecular weight excluding hydrogens is 414 g/mol. The third-order valence-corrected chi connectivity index (χ3v) is 5.63. The van der Waals surface area contributed by atoms with Crippen LogP contribution < -0.4 is 5.32 Å². The predicted octanol–water partition coefficient (Wildman–Crippen LogP) is 4.48. The van der Waals surface area contributed by atoms with E-state index >= 15 is 0 Å². The van der Waals surface area contributed by atoms with E-state index in [9.17, 15) is 4.79 Å². The molecule has 0 atom stereocenters. The van der Waals surface area contributed by atoms with Gasteiger partial charge in [-0.2, -0.15) is 9.61 Å². The summed E-state index contributed by atoms with van der Waals surface area (Å²) in [4.78, 5) is 13.3. The number of hydrogen-bond donors (Lipinski definition) is 1. The van der Waals surface area contributed by atoms with Crippen molar-refractivity contribution in [2.24, 2.45) is 0 Å². The lowest BCUT2D eigenvalue weighted by atomic mass is 10.1. The number of halogens is 1. The van der Waals surface area contributed by atoms with E-state index in [1.165, 1.54) is 11.3 Å². The number of anilines is 1. The molecule has 8 heteroatoms. The molecule has 1 N–H and O–H groups in total. The first-order chi connectivity index (χ1) is 12.5. The normalized spacial score (nSPS) is 11.0. The van der Waals surface area contributed by atoms with Gasteiger partial charge in [0, 0.05) is 15.7 Å². The zero-order valence-corrected chi connectivity index (χ0v) is 16.4. The smallest absolute Gasteiger partial charge is 0.256 e. The third-order valence-electron chi connectivity index (χ3n) is 3.99. The summed E-state index contributed by atoms with van der Waals surface area (Å²) in [5.41, 5.74) is 3.32. The van der Waals surface area contributed by atoms with Gasteiger partial charge in [0.1, 0.15) is 5.01 Å². The Balaban J connectivity index is 1.61. The molecule has 0 saturated heterocycles. The van der Waals surface area contributed by atoms with Crippen LogP contribution in [0.25, 0.3) is 15.5 Å². The van der Waals surface area contributed by atoms with E-state index in [1.807, 2.05) is 50.2 Å². The van der Waals surface area contributed by atoms with Crippen LogP contribution in [0.4, 0.5) is 5.69 Å². The zero-order chi connectivity index (χ0) is 18.3. The number of carbonyl (C=O) groups is 1. The van der Waals surface area contributed by atoms with Crippen LogP contribution in [-0.2, 0) is 0 Å². The molecule has 2 heterocycles. The Morgan fingerprint density at radius 1 is 1.15 bits per heavy atom. The monoisotopic (exact) mass is 427 g/mol. The summed E-state index contributed by atoms with van der Waals surface area (Å²) in [6.07, 6.45) is 0. The fourth-order valence-electron chi connectivity index (χ4n) is 2.60. The molecule has 0 aliphatic rings. The molecule has 4 aromatic rings. The summed E-state index contributed by atoms with van der Waals surface area (Å²) in [5, 5.41) is 16.5. The van der Waals surface area contributed by atoms with Gasteiger partial charge in [-0.15, -0.1) is 10.2 Å². The molecule has 0 bridgehead atoms. The van der Waals surface area contributed by atoms with Gasteiger partial charge in [0.2, 0.25) is 4.96 Å². The Morgan fingerprint density at radius 2 is 1.96 bits per heavy atom. The van der Waals surface area contributed by atoms with E-state index < -0.39 is 0 Å². The van der Waals surface area contributed by atoms with E-state index in [-0.39, 0.29) is 5.91 Å². The Bertz CT molecular complexity index is 1130. The van der Waals surface area contributed by atoms with Gasteiger partial charge in [-0.05, 0) is 65.7 Å². The van der Waals surface area contributed by atoms with Gasteiger partial charge in [-0.25, -0.2) is 0 Å². The molecule has 4 rings (SSSR count). The van der Waals surface area contributed by atoms with Crippen LogP contribution in [0.5, 0.6) is 0 Å². The molecule has 0 saturated carbocycles. The van der Waals surface area contributed by atoms with Gasteiger partial charge < -0.3 is 5.32 Å². The standard InChI is InChI=1S/C18H14BrN5OS/c1-10-9-12(17-23-24-11(2)21-22-18(24)26-17)7-8-15(10)20-16(25)13-5-3-4-6-14(13)19/h3-9H,1-2H3,(H,20,25). The number of nitrogens with zero attached hydrogens (tertiary/aromatic N) is 4. The van der Waals surface area contributed by atoms with Crippen molar-refractivity contribution in [2.75, 3.05) is 5.32 Å². The number of benzene rings is 2. The number of carbonyl (C=O) groups excluding carboxylic acids is 1. The van der Waals surface area contributed by atoms with Gasteiger partial charge in [0.25, 0.3) is 5.91 Å². The summed E-state index contributed by atoms with van der Waals surface area (Å²) in [6, 6.07) is 13.2. The first-order valence-electron chi connectivity index (χ1n) is 7.88.